The molecule has 0 aliphatic heterocycles. The summed E-state index contributed by atoms with van der Waals surface area (Å²) in [5.74, 6) is 0. The van der Waals surface area contributed by atoms with Crippen molar-refractivity contribution in [3.8, 4) is 0 Å². The second kappa shape index (κ2) is 10.6. The van der Waals surface area contributed by atoms with E-state index in [9.17, 15) is 0 Å². The lowest BCUT2D eigenvalue weighted by Crippen LogP contribution is -2.46. The van der Waals surface area contributed by atoms with Crippen LogP contribution in [0, 0.1) is 0 Å². The molecular formula is C21H40N3P. The van der Waals surface area contributed by atoms with Crippen LogP contribution in [0.3, 0.4) is 0 Å². The van der Waals surface area contributed by atoms with E-state index >= 15 is 0 Å². The lowest BCUT2D eigenvalue weighted by Gasteiger charge is -2.47. The van der Waals surface area contributed by atoms with Crippen LogP contribution in [0.1, 0.15) is 73.4 Å². The Labute approximate surface area is 158 Å². The van der Waals surface area contributed by atoms with E-state index in [1.54, 1.807) is 0 Å². The maximum Gasteiger partial charge on any atom is 0.118 e. The van der Waals surface area contributed by atoms with Gasteiger partial charge in [-0.25, -0.2) is 0 Å². The van der Waals surface area contributed by atoms with Crippen molar-refractivity contribution < 1.29 is 0 Å². The Morgan fingerprint density at radius 2 is 1.08 bits per heavy atom. The molecule has 144 valence electrons. The van der Waals surface area contributed by atoms with E-state index in [2.05, 4.69) is 101 Å². The van der Waals surface area contributed by atoms with E-state index in [4.69, 9.17) is 0 Å². The molecule has 0 aromatic heterocycles. The molecule has 0 spiro atoms. The average molecular weight is 366 g/mol. The normalized spacial score (nSPS) is 12.8. The Morgan fingerprint density at radius 1 is 0.720 bits per heavy atom. The van der Waals surface area contributed by atoms with Crippen LogP contribution in [0.15, 0.2) is 24.3 Å². The van der Waals surface area contributed by atoms with E-state index in [1.165, 1.54) is 11.1 Å². The maximum atomic E-state index is 3.92. The van der Waals surface area contributed by atoms with Crippen molar-refractivity contribution in [2.75, 3.05) is 0 Å². The van der Waals surface area contributed by atoms with Gasteiger partial charge in [0.2, 0.25) is 0 Å². The van der Waals surface area contributed by atoms with E-state index < -0.39 is 8.37 Å². The van der Waals surface area contributed by atoms with Gasteiger partial charge in [0.25, 0.3) is 0 Å². The average Bonchev–Trinajstić information content (AvgIpc) is 2.51. The van der Waals surface area contributed by atoms with Crippen LogP contribution in [0.25, 0.3) is 0 Å². The fraction of sp³-hybridized carbons (Fsp3) is 0.714. The van der Waals surface area contributed by atoms with E-state index in [0.29, 0.717) is 24.2 Å². The monoisotopic (exact) mass is 365 g/mol. The summed E-state index contributed by atoms with van der Waals surface area (Å²) >= 11 is 0. The molecule has 0 fully saturated rings. The molecule has 1 aromatic carbocycles. The molecule has 0 atom stereocenters. The van der Waals surface area contributed by atoms with Crippen molar-refractivity contribution in [1.82, 2.24) is 14.4 Å². The summed E-state index contributed by atoms with van der Waals surface area (Å²) in [5, 5.41) is 3.92. The van der Waals surface area contributed by atoms with Gasteiger partial charge in [0.15, 0.2) is 0 Å². The largest absolute Gasteiger partial charge is 0.267 e. The highest BCUT2D eigenvalue weighted by Crippen LogP contribution is 2.46. The van der Waals surface area contributed by atoms with Gasteiger partial charge in [0.05, 0.1) is 0 Å². The number of benzene rings is 1. The van der Waals surface area contributed by atoms with Crippen LogP contribution in [-0.2, 0) is 13.0 Å². The summed E-state index contributed by atoms with van der Waals surface area (Å²) in [4.78, 5) is 0. The highest BCUT2D eigenvalue weighted by Gasteiger charge is 2.32. The summed E-state index contributed by atoms with van der Waals surface area (Å²) in [6.07, 6.45) is 1.10. The Bertz CT molecular complexity index is 446. The summed E-state index contributed by atoms with van der Waals surface area (Å²) in [5.41, 5.74) is 2.77. The van der Waals surface area contributed by atoms with Gasteiger partial charge in [-0.05, 0) is 72.9 Å². The fourth-order valence-electron chi connectivity index (χ4n) is 3.40. The zero-order valence-corrected chi connectivity index (χ0v) is 18.8. The molecule has 0 saturated heterocycles. The number of hydrogen-bond donors (Lipinski definition) is 1. The van der Waals surface area contributed by atoms with E-state index in [0.717, 1.165) is 13.0 Å². The second-order valence-corrected chi connectivity index (χ2v) is 9.75. The van der Waals surface area contributed by atoms with Gasteiger partial charge in [-0.3, -0.25) is 14.4 Å². The number of aryl methyl sites for hydroxylation is 1. The third kappa shape index (κ3) is 6.64. The first-order valence-electron chi connectivity index (χ1n) is 9.86. The van der Waals surface area contributed by atoms with Gasteiger partial charge < -0.3 is 0 Å². The number of nitrogens with zero attached hydrogens (tertiary/aromatic N) is 2. The SMILES string of the molecule is CCc1ccc(CNP(N(C(C)C)C(C)C)N(C(C)C)C(C)C)cc1. The molecule has 0 radical (unpaired) electrons. The number of hydrogen-bond acceptors (Lipinski definition) is 3. The second-order valence-electron chi connectivity index (χ2n) is 7.93. The van der Waals surface area contributed by atoms with Crippen molar-refractivity contribution in [3.63, 3.8) is 0 Å². The van der Waals surface area contributed by atoms with Crippen LogP contribution >= 0.6 is 8.37 Å². The van der Waals surface area contributed by atoms with Gasteiger partial charge in [-0.2, -0.15) is 0 Å². The molecule has 0 aliphatic rings. The predicted octanol–water partition coefficient (Wildman–Crippen LogP) is 5.80. The lowest BCUT2D eigenvalue weighted by atomic mass is 10.1. The molecule has 4 heteroatoms. The van der Waals surface area contributed by atoms with Crippen molar-refractivity contribution in [3.05, 3.63) is 35.4 Å². The highest BCUT2D eigenvalue weighted by atomic mass is 31.1. The first kappa shape index (κ1) is 22.6. The Balaban J connectivity index is 3.03. The summed E-state index contributed by atoms with van der Waals surface area (Å²) in [6.45, 7) is 21.6. The van der Waals surface area contributed by atoms with Crippen molar-refractivity contribution in [2.45, 2.75) is 99.4 Å². The first-order valence-corrected chi connectivity index (χ1v) is 11.1. The van der Waals surface area contributed by atoms with E-state index in [1.807, 2.05) is 0 Å². The van der Waals surface area contributed by atoms with Crippen molar-refractivity contribution in [2.24, 2.45) is 0 Å². The maximum absolute atomic E-state index is 3.92. The topological polar surface area (TPSA) is 18.5 Å². The summed E-state index contributed by atoms with van der Waals surface area (Å²) in [7, 11) is -0.564. The van der Waals surface area contributed by atoms with Gasteiger partial charge in [-0.1, -0.05) is 31.2 Å². The molecular weight excluding hydrogens is 325 g/mol. The molecule has 1 rings (SSSR count). The van der Waals surface area contributed by atoms with Crippen LogP contribution in [0.5, 0.6) is 0 Å². The molecule has 1 aromatic rings. The van der Waals surface area contributed by atoms with Gasteiger partial charge in [-0.15, -0.1) is 0 Å². The molecule has 25 heavy (non-hydrogen) atoms. The minimum absolute atomic E-state index is 0.515. The molecule has 3 nitrogen and oxygen atoms in total. The summed E-state index contributed by atoms with van der Waals surface area (Å²) < 4.78 is 5.30. The Hall–Kier alpha value is -0.470. The minimum atomic E-state index is -0.564. The minimum Gasteiger partial charge on any atom is -0.267 e. The quantitative estimate of drug-likeness (QED) is 0.528. The van der Waals surface area contributed by atoms with Crippen LogP contribution < -0.4 is 5.09 Å². The molecule has 1 N–H and O–H groups in total. The Morgan fingerprint density at radius 3 is 1.40 bits per heavy atom. The third-order valence-corrected chi connectivity index (χ3v) is 7.57. The highest BCUT2D eigenvalue weighted by molar-refractivity contribution is 7.50. The molecule has 0 bridgehead atoms. The molecule has 0 amide bonds. The zero-order chi connectivity index (χ0) is 19.1. The molecule has 0 heterocycles. The van der Waals surface area contributed by atoms with Gasteiger partial charge in [0.1, 0.15) is 8.37 Å². The molecule has 0 unspecified atom stereocenters. The lowest BCUT2D eigenvalue weighted by molar-refractivity contribution is 0.251. The molecule has 0 saturated carbocycles. The van der Waals surface area contributed by atoms with Crippen LogP contribution in [-0.4, -0.2) is 33.5 Å². The fourth-order valence-corrected chi connectivity index (χ4v) is 6.04. The Kier molecular flexibility index (Phi) is 9.59. The van der Waals surface area contributed by atoms with Crippen molar-refractivity contribution in [1.29, 1.82) is 0 Å². The van der Waals surface area contributed by atoms with Gasteiger partial charge in [0, 0.05) is 30.7 Å². The number of nitrogens with one attached hydrogen (secondary N) is 1. The van der Waals surface area contributed by atoms with Crippen LogP contribution in [0.2, 0.25) is 0 Å². The number of rotatable bonds is 10. The third-order valence-electron chi connectivity index (χ3n) is 4.41. The first-order chi connectivity index (χ1) is 11.7. The standard InChI is InChI=1S/C21H40N3P/c1-10-20-11-13-21(14-12-20)15-22-25(23(16(2)3)17(4)5)24(18(6)7)19(8)9/h11-14,16-19,22H,10,15H2,1-9H3. The summed E-state index contributed by atoms with van der Waals surface area (Å²) in [6, 6.07) is 11.1. The smallest absolute Gasteiger partial charge is 0.118 e. The predicted molar refractivity (Wildman–Crippen MR) is 114 cm³/mol. The van der Waals surface area contributed by atoms with Crippen molar-refractivity contribution >= 4 is 8.37 Å². The molecule has 0 aliphatic carbocycles. The van der Waals surface area contributed by atoms with Gasteiger partial charge >= 0.3 is 0 Å². The van der Waals surface area contributed by atoms with Crippen LogP contribution in [0.4, 0.5) is 0 Å². The zero-order valence-electron chi connectivity index (χ0n) is 17.9. The van der Waals surface area contributed by atoms with E-state index in [-0.39, 0.29) is 0 Å².